The lowest BCUT2D eigenvalue weighted by Crippen LogP contribution is -2.24. The van der Waals surface area contributed by atoms with Crippen LogP contribution >= 0.6 is 0 Å². The zero-order chi connectivity index (χ0) is 9.68. The molecule has 1 unspecified atom stereocenters. The number of rotatable bonds is 3. The molecule has 1 heterocycles. The van der Waals surface area contributed by atoms with Crippen LogP contribution in [0.1, 0.15) is 18.7 Å². The van der Waals surface area contributed by atoms with Gasteiger partial charge >= 0.3 is 5.97 Å². The zero-order valence-electron chi connectivity index (χ0n) is 7.30. The lowest BCUT2D eigenvalue weighted by Gasteiger charge is -2.08. The van der Waals surface area contributed by atoms with E-state index < -0.39 is 12.0 Å². The largest absolute Gasteiger partial charge is 0.465 e. The predicted molar refractivity (Wildman–Crippen MR) is 45.6 cm³/mol. The molecule has 70 valence electrons. The fourth-order valence-corrected chi connectivity index (χ4v) is 0.832. The standard InChI is InChI=1S/C8H11N3O2/c1-2-13-8(12)7(9)6-4-3-5-10-11-6/h3-5,7H,2,9H2,1H3. The monoisotopic (exact) mass is 181 g/mol. The summed E-state index contributed by atoms with van der Waals surface area (Å²) in [6.45, 7) is 2.04. The van der Waals surface area contributed by atoms with Gasteiger partial charge in [-0.15, -0.1) is 0 Å². The van der Waals surface area contributed by atoms with E-state index in [4.69, 9.17) is 10.5 Å². The Kier molecular flexibility index (Phi) is 3.33. The molecule has 0 aliphatic rings. The number of carbonyl (C=O) groups is 1. The Balaban J connectivity index is 2.68. The third-order valence-corrected chi connectivity index (χ3v) is 1.45. The van der Waals surface area contributed by atoms with Crippen LogP contribution < -0.4 is 5.73 Å². The number of hydrogen-bond donors (Lipinski definition) is 1. The summed E-state index contributed by atoms with van der Waals surface area (Å²) >= 11 is 0. The molecule has 0 aliphatic heterocycles. The molecule has 1 aromatic heterocycles. The van der Waals surface area contributed by atoms with Crippen LogP contribution in [0, 0.1) is 0 Å². The summed E-state index contributed by atoms with van der Waals surface area (Å²) in [5, 5.41) is 7.32. The number of ether oxygens (including phenoxy) is 1. The van der Waals surface area contributed by atoms with Gasteiger partial charge in [-0.25, -0.2) is 4.79 Å². The molecule has 0 spiro atoms. The highest BCUT2D eigenvalue weighted by molar-refractivity contribution is 5.76. The second-order valence-electron chi connectivity index (χ2n) is 2.38. The van der Waals surface area contributed by atoms with Crippen LogP contribution in [-0.4, -0.2) is 22.8 Å². The Morgan fingerprint density at radius 3 is 3.08 bits per heavy atom. The van der Waals surface area contributed by atoms with E-state index in [1.807, 2.05) is 0 Å². The average molecular weight is 181 g/mol. The summed E-state index contributed by atoms with van der Waals surface area (Å²) in [6.07, 6.45) is 1.52. The Morgan fingerprint density at radius 1 is 1.77 bits per heavy atom. The summed E-state index contributed by atoms with van der Waals surface area (Å²) in [4.78, 5) is 11.1. The molecule has 0 aliphatic carbocycles. The van der Waals surface area contributed by atoms with Gasteiger partial charge in [-0.05, 0) is 19.1 Å². The molecule has 0 amide bonds. The third-order valence-electron chi connectivity index (χ3n) is 1.45. The Hall–Kier alpha value is -1.49. The second-order valence-corrected chi connectivity index (χ2v) is 2.38. The van der Waals surface area contributed by atoms with Crippen LogP contribution in [0.5, 0.6) is 0 Å². The molecule has 2 N–H and O–H groups in total. The van der Waals surface area contributed by atoms with Crippen molar-refractivity contribution in [1.29, 1.82) is 0 Å². The first-order chi connectivity index (χ1) is 6.25. The van der Waals surface area contributed by atoms with Crippen LogP contribution in [0.3, 0.4) is 0 Å². The minimum Gasteiger partial charge on any atom is -0.465 e. The minimum absolute atomic E-state index is 0.312. The van der Waals surface area contributed by atoms with E-state index in [9.17, 15) is 4.79 Å². The van der Waals surface area contributed by atoms with Crippen molar-refractivity contribution in [1.82, 2.24) is 10.2 Å². The lowest BCUT2D eigenvalue weighted by atomic mass is 10.2. The molecule has 0 saturated carbocycles. The molecular formula is C8H11N3O2. The summed E-state index contributed by atoms with van der Waals surface area (Å²) in [5.41, 5.74) is 5.97. The van der Waals surface area contributed by atoms with E-state index in [2.05, 4.69) is 10.2 Å². The highest BCUT2D eigenvalue weighted by Gasteiger charge is 2.17. The highest BCUT2D eigenvalue weighted by atomic mass is 16.5. The van der Waals surface area contributed by atoms with Gasteiger partial charge < -0.3 is 10.5 Å². The molecule has 1 aromatic rings. The molecule has 1 atom stereocenters. The fourth-order valence-electron chi connectivity index (χ4n) is 0.832. The summed E-state index contributed by atoms with van der Waals surface area (Å²) in [5.74, 6) is -0.483. The van der Waals surface area contributed by atoms with Gasteiger partial charge in [0.2, 0.25) is 0 Å². The maximum absolute atomic E-state index is 11.1. The molecule has 0 aromatic carbocycles. The smallest absolute Gasteiger partial charge is 0.329 e. The zero-order valence-corrected chi connectivity index (χ0v) is 7.30. The van der Waals surface area contributed by atoms with Gasteiger partial charge in [0.05, 0.1) is 12.3 Å². The first-order valence-electron chi connectivity index (χ1n) is 3.95. The van der Waals surface area contributed by atoms with Crippen molar-refractivity contribution in [2.75, 3.05) is 6.61 Å². The Bertz CT molecular complexity index is 276. The first-order valence-corrected chi connectivity index (χ1v) is 3.95. The molecular weight excluding hydrogens is 170 g/mol. The number of esters is 1. The van der Waals surface area contributed by atoms with E-state index >= 15 is 0 Å². The topological polar surface area (TPSA) is 78.1 Å². The van der Waals surface area contributed by atoms with Crippen LogP contribution in [0.15, 0.2) is 18.3 Å². The molecule has 5 heteroatoms. The fraction of sp³-hybridized carbons (Fsp3) is 0.375. The van der Waals surface area contributed by atoms with Crippen molar-refractivity contribution in [2.24, 2.45) is 5.73 Å². The molecule has 0 bridgehead atoms. The first kappa shape index (κ1) is 9.60. The molecule has 13 heavy (non-hydrogen) atoms. The van der Waals surface area contributed by atoms with Gasteiger partial charge in [0, 0.05) is 6.20 Å². The normalized spacial score (nSPS) is 12.2. The van der Waals surface area contributed by atoms with Gasteiger partial charge in [0.15, 0.2) is 0 Å². The summed E-state index contributed by atoms with van der Waals surface area (Å²) < 4.78 is 4.73. The quantitative estimate of drug-likeness (QED) is 0.666. The molecule has 5 nitrogen and oxygen atoms in total. The van der Waals surface area contributed by atoms with Gasteiger partial charge in [-0.1, -0.05) is 0 Å². The van der Waals surface area contributed by atoms with Crippen molar-refractivity contribution < 1.29 is 9.53 Å². The van der Waals surface area contributed by atoms with Crippen molar-refractivity contribution in [3.05, 3.63) is 24.0 Å². The van der Waals surface area contributed by atoms with Gasteiger partial charge in [0.1, 0.15) is 6.04 Å². The molecule has 1 rings (SSSR count). The van der Waals surface area contributed by atoms with E-state index in [0.29, 0.717) is 12.3 Å². The van der Waals surface area contributed by atoms with Crippen molar-refractivity contribution in [3.63, 3.8) is 0 Å². The van der Waals surface area contributed by atoms with E-state index in [1.54, 1.807) is 19.1 Å². The van der Waals surface area contributed by atoms with Gasteiger partial charge in [-0.2, -0.15) is 10.2 Å². The maximum Gasteiger partial charge on any atom is 0.329 e. The molecule has 0 fully saturated rings. The number of nitrogens with two attached hydrogens (primary N) is 1. The van der Waals surface area contributed by atoms with Crippen molar-refractivity contribution >= 4 is 5.97 Å². The maximum atomic E-state index is 11.1. The average Bonchev–Trinajstić information content (AvgIpc) is 2.18. The number of hydrogen-bond acceptors (Lipinski definition) is 5. The van der Waals surface area contributed by atoms with E-state index in [-0.39, 0.29) is 0 Å². The summed E-state index contributed by atoms with van der Waals surface area (Å²) in [7, 11) is 0. The van der Waals surface area contributed by atoms with Crippen molar-refractivity contribution in [3.8, 4) is 0 Å². The number of carbonyl (C=O) groups excluding carboxylic acids is 1. The number of aromatic nitrogens is 2. The number of nitrogens with zero attached hydrogens (tertiary/aromatic N) is 2. The molecule has 0 saturated heterocycles. The van der Waals surface area contributed by atoms with Gasteiger partial charge in [-0.3, -0.25) is 0 Å². The SMILES string of the molecule is CCOC(=O)C(N)c1cccnn1. The van der Waals surface area contributed by atoms with Crippen LogP contribution in [-0.2, 0) is 9.53 Å². The Morgan fingerprint density at radius 2 is 2.54 bits per heavy atom. The van der Waals surface area contributed by atoms with Crippen LogP contribution in [0.2, 0.25) is 0 Å². The predicted octanol–water partition coefficient (Wildman–Crippen LogP) is 0.0395. The van der Waals surface area contributed by atoms with E-state index in [1.165, 1.54) is 6.20 Å². The van der Waals surface area contributed by atoms with Crippen molar-refractivity contribution in [2.45, 2.75) is 13.0 Å². The lowest BCUT2D eigenvalue weighted by molar-refractivity contribution is -0.144. The highest BCUT2D eigenvalue weighted by Crippen LogP contribution is 2.06. The summed E-state index contributed by atoms with van der Waals surface area (Å²) in [6, 6.07) is 2.46. The third kappa shape index (κ3) is 2.48. The second kappa shape index (κ2) is 4.51. The van der Waals surface area contributed by atoms with Gasteiger partial charge in [0.25, 0.3) is 0 Å². The van der Waals surface area contributed by atoms with Crippen LogP contribution in [0.25, 0.3) is 0 Å². The Labute approximate surface area is 75.9 Å². The van der Waals surface area contributed by atoms with Crippen LogP contribution in [0.4, 0.5) is 0 Å². The molecule has 0 radical (unpaired) electrons. The minimum atomic E-state index is -0.839. The van der Waals surface area contributed by atoms with E-state index in [0.717, 1.165) is 0 Å².